The molecule has 5 nitrogen and oxygen atoms in total. The van der Waals surface area contributed by atoms with Crippen LogP contribution in [0.25, 0.3) is 0 Å². The Morgan fingerprint density at radius 1 is 1.60 bits per heavy atom. The van der Waals surface area contributed by atoms with Crippen molar-refractivity contribution in [3.8, 4) is 0 Å². The molecule has 0 fully saturated rings. The first kappa shape index (κ1) is 11.6. The minimum atomic E-state index is -0.672. The summed E-state index contributed by atoms with van der Waals surface area (Å²) in [6.07, 6.45) is -0.672. The second kappa shape index (κ2) is 4.88. The van der Waals surface area contributed by atoms with Crippen LogP contribution >= 0.6 is 11.3 Å². The van der Waals surface area contributed by atoms with Gasteiger partial charge in [0.15, 0.2) is 0 Å². The van der Waals surface area contributed by atoms with Gasteiger partial charge in [-0.3, -0.25) is 9.36 Å². The highest BCUT2D eigenvalue weighted by Gasteiger charge is 2.07. The molecule has 0 N–H and O–H groups in total. The van der Waals surface area contributed by atoms with Crippen molar-refractivity contribution in [2.24, 2.45) is 4.99 Å². The molecule has 0 radical (unpaired) electrons. The molecule has 1 rings (SSSR count). The Bertz CT molecular complexity index is 444. The van der Waals surface area contributed by atoms with E-state index in [4.69, 9.17) is 0 Å². The van der Waals surface area contributed by atoms with E-state index in [0.29, 0.717) is 4.80 Å². The number of ether oxygens (including phenoxy) is 1. The first-order valence-electron chi connectivity index (χ1n) is 4.45. The Morgan fingerprint density at radius 2 is 2.27 bits per heavy atom. The van der Waals surface area contributed by atoms with Crippen LogP contribution in [0.5, 0.6) is 0 Å². The number of carbonyl (C=O) groups excluding carboxylic acids is 2. The molecule has 1 amide bonds. The van der Waals surface area contributed by atoms with E-state index >= 15 is 0 Å². The lowest BCUT2D eigenvalue weighted by Crippen LogP contribution is -2.23. The Hall–Kier alpha value is -1.43. The molecule has 6 heteroatoms. The molecule has 82 valence electrons. The summed E-state index contributed by atoms with van der Waals surface area (Å²) in [4.78, 5) is 26.4. The Labute approximate surface area is 91.0 Å². The molecule has 1 aromatic rings. The van der Waals surface area contributed by atoms with Gasteiger partial charge in [0.25, 0.3) is 0 Å². The van der Waals surface area contributed by atoms with Crippen molar-refractivity contribution < 1.29 is 14.3 Å². The lowest BCUT2D eigenvalue weighted by Gasteiger charge is -1.98. The van der Waals surface area contributed by atoms with Crippen molar-refractivity contribution in [1.82, 2.24) is 4.57 Å². The molecule has 0 unspecified atom stereocenters. The van der Waals surface area contributed by atoms with Crippen molar-refractivity contribution in [1.29, 1.82) is 0 Å². The van der Waals surface area contributed by atoms with Crippen molar-refractivity contribution >= 4 is 23.3 Å². The fourth-order valence-corrected chi connectivity index (χ4v) is 1.97. The van der Waals surface area contributed by atoms with E-state index in [9.17, 15) is 9.59 Å². The van der Waals surface area contributed by atoms with Gasteiger partial charge in [0, 0.05) is 18.0 Å². The van der Waals surface area contributed by atoms with E-state index in [2.05, 4.69) is 9.73 Å². The van der Waals surface area contributed by atoms with Gasteiger partial charge in [-0.25, -0.2) is 4.79 Å². The third kappa shape index (κ3) is 2.76. The summed E-state index contributed by atoms with van der Waals surface area (Å²) in [5.74, 6) is -0.170. The van der Waals surface area contributed by atoms with E-state index in [0.717, 1.165) is 5.69 Å². The first-order valence-corrected chi connectivity index (χ1v) is 5.33. The maximum absolute atomic E-state index is 11.2. The summed E-state index contributed by atoms with van der Waals surface area (Å²) in [6.45, 7) is 5.17. The number of hydrogen-bond donors (Lipinski definition) is 0. The fourth-order valence-electron chi connectivity index (χ4n) is 1.09. The second-order valence-corrected chi connectivity index (χ2v) is 3.66. The van der Waals surface area contributed by atoms with Crippen molar-refractivity contribution in [2.45, 2.75) is 20.8 Å². The van der Waals surface area contributed by atoms with Gasteiger partial charge >= 0.3 is 6.09 Å². The van der Waals surface area contributed by atoms with Gasteiger partial charge in [0.05, 0.1) is 6.61 Å². The molecule has 0 aliphatic heterocycles. The maximum atomic E-state index is 11.2. The number of rotatable bonds is 1. The molecule has 0 aliphatic carbocycles. The third-order valence-corrected chi connectivity index (χ3v) is 2.59. The SMILES string of the molecule is CCOC(=O)N=c1scc(C)n1C(C)=O. The van der Waals surface area contributed by atoms with Gasteiger partial charge in [0.1, 0.15) is 0 Å². The molecule has 0 spiro atoms. The minimum Gasteiger partial charge on any atom is -0.448 e. The van der Waals surface area contributed by atoms with Crippen LogP contribution in [0.3, 0.4) is 0 Å². The van der Waals surface area contributed by atoms with Crippen LogP contribution in [0.15, 0.2) is 10.4 Å². The number of carbonyl (C=O) groups is 2. The van der Waals surface area contributed by atoms with Gasteiger partial charge in [-0.2, -0.15) is 0 Å². The number of thiazole rings is 1. The van der Waals surface area contributed by atoms with E-state index < -0.39 is 6.09 Å². The van der Waals surface area contributed by atoms with Crippen LogP contribution in [0.1, 0.15) is 24.3 Å². The van der Waals surface area contributed by atoms with Gasteiger partial charge in [-0.15, -0.1) is 16.3 Å². The summed E-state index contributed by atoms with van der Waals surface area (Å²) >= 11 is 1.23. The molecule has 1 aromatic heterocycles. The normalized spacial score (nSPS) is 11.5. The molecule has 0 saturated carbocycles. The molecular weight excluding hydrogens is 216 g/mol. The molecule has 0 saturated heterocycles. The molecular formula is C9H12N2O3S. The maximum Gasteiger partial charge on any atom is 0.436 e. The minimum absolute atomic E-state index is 0.170. The van der Waals surface area contributed by atoms with Crippen molar-refractivity contribution in [3.63, 3.8) is 0 Å². The summed E-state index contributed by atoms with van der Waals surface area (Å²) < 4.78 is 6.04. The lowest BCUT2D eigenvalue weighted by molar-refractivity contribution is 0.0931. The molecule has 0 aliphatic rings. The third-order valence-electron chi connectivity index (χ3n) is 1.65. The van der Waals surface area contributed by atoms with Crippen LogP contribution < -0.4 is 4.80 Å². The van der Waals surface area contributed by atoms with Gasteiger partial charge in [-0.1, -0.05) is 0 Å². The Kier molecular flexibility index (Phi) is 3.79. The molecule has 0 bridgehead atoms. The Balaban J connectivity index is 3.14. The fraction of sp³-hybridized carbons (Fsp3) is 0.444. The predicted molar refractivity (Wildman–Crippen MR) is 55.9 cm³/mol. The zero-order valence-electron chi connectivity index (χ0n) is 8.81. The smallest absolute Gasteiger partial charge is 0.436 e. The number of hydrogen-bond acceptors (Lipinski definition) is 4. The summed E-state index contributed by atoms with van der Waals surface area (Å²) in [5, 5.41) is 1.76. The zero-order chi connectivity index (χ0) is 11.4. The number of aryl methyl sites for hydroxylation is 1. The number of aromatic nitrogens is 1. The topological polar surface area (TPSA) is 60.7 Å². The predicted octanol–water partition coefficient (Wildman–Crippen LogP) is 1.58. The van der Waals surface area contributed by atoms with E-state index in [1.165, 1.54) is 22.8 Å². The van der Waals surface area contributed by atoms with Gasteiger partial charge < -0.3 is 4.74 Å². The van der Waals surface area contributed by atoms with Crippen molar-refractivity contribution in [2.75, 3.05) is 6.61 Å². The van der Waals surface area contributed by atoms with Crippen molar-refractivity contribution in [3.05, 3.63) is 15.9 Å². The van der Waals surface area contributed by atoms with E-state index in [-0.39, 0.29) is 12.5 Å². The van der Waals surface area contributed by atoms with Crippen LogP contribution in [-0.4, -0.2) is 23.2 Å². The second-order valence-electron chi connectivity index (χ2n) is 2.82. The summed E-state index contributed by atoms with van der Waals surface area (Å²) in [6, 6.07) is 0. The number of amides is 1. The van der Waals surface area contributed by atoms with Gasteiger partial charge in [0.2, 0.25) is 10.7 Å². The summed E-state index contributed by atoms with van der Waals surface area (Å²) in [5.41, 5.74) is 0.760. The summed E-state index contributed by atoms with van der Waals surface area (Å²) in [7, 11) is 0. The van der Waals surface area contributed by atoms with Gasteiger partial charge in [-0.05, 0) is 13.8 Å². The van der Waals surface area contributed by atoms with Crippen LogP contribution in [0, 0.1) is 6.92 Å². The average molecular weight is 228 g/mol. The first-order chi connectivity index (χ1) is 7.06. The standard InChI is InChI=1S/C9H12N2O3S/c1-4-14-9(13)10-8-11(7(3)12)6(2)5-15-8/h5H,4H2,1-3H3. The van der Waals surface area contributed by atoms with Crippen LogP contribution in [0.2, 0.25) is 0 Å². The Morgan fingerprint density at radius 3 is 2.80 bits per heavy atom. The zero-order valence-corrected chi connectivity index (χ0v) is 9.63. The molecule has 1 heterocycles. The van der Waals surface area contributed by atoms with Crippen LogP contribution in [-0.2, 0) is 4.74 Å². The quantitative estimate of drug-likeness (QED) is 0.733. The largest absolute Gasteiger partial charge is 0.448 e. The monoisotopic (exact) mass is 228 g/mol. The molecule has 0 atom stereocenters. The highest BCUT2D eigenvalue weighted by molar-refractivity contribution is 7.07. The van der Waals surface area contributed by atoms with E-state index in [1.54, 1.807) is 19.2 Å². The lowest BCUT2D eigenvalue weighted by atomic mass is 10.5. The highest BCUT2D eigenvalue weighted by Crippen LogP contribution is 1.99. The van der Waals surface area contributed by atoms with E-state index in [1.807, 2.05) is 0 Å². The molecule has 15 heavy (non-hydrogen) atoms. The number of nitrogens with zero attached hydrogens (tertiary/aromatic N) is 2. The van der Waals surface area contributed by atoms with Crippen LogP contribution in [0.4, 0.5) is 4.79 Å². The average Bonchev–Trinajstić information content (AvgIpc) is 2.47. The highest BCUT2D eigenvalue weighted by atomic mass is 32.1. The molecule has 0 aromatic carbocycles.